The summed E-state index contributed by atoms with van der Waals surface area (Å²) in [6.45, 7) is 2.13. The van der Waals surface area contributed by atoms with Crippen molar-refractivity contribution in [3.8, 4) is 0 Å². The lowest BCUT2D eigenvalue weighted by Gasteiger charge is -2.17. The Balaban J connectivity index is 2.11. The number of nitrogens with two attached hydrogens (primary N) is 1. The summed E-state index contributed by atoms with van der Waals surface area (Å²) >= 11 is 1.81. The normalized spacial score (nSPS) is 12.3. The highest BCUT2D eigenvalue weighted by Gasteiger charge is 2.11. The Morgan fingerprint density at radius 1 is 1.20 bits per heavy atom. The SMILES string of the molecule is CCSc1ccc(C(Cc2cccc(F)c2)NN)cc1. The van der Waals surface area contributed by atoms with Gasteiger partial charge in [0.1, 0.15) is 5.82 Å². The van der Waals surface area contributed by atoms with Crippen LogP contribution in [0.15, 0.2) is 53.4 Å². The molecule has 0 bridgehead atoms. The van der Waals surface area contributed by atoms with Gasteiger partial charge in [-0.25, -0.2) is 4.39 Å². The minimum absolute atomic E-state index is 0.0162. The third kappa shape index (κ3) is 4.07. The summed E-state index contributed by atoms with van der Waals surface area (Å²) in [7, 11) is 0. The van der Waals surface area contributed by atoms with E-state index in [1.807, 2.05) is 17.8 Å². The van der Waals surface area contributed by atoms with E-state index in [9.17, 15) is 4.39 Å². The largest absolute Gasteiger partial charge is 0.271 e. The summed E-state index contributed by atoms with van der Waals surface area (Å²) in [5.41, 5.74) is 4.85. The van der Waals surface area contributed by atoms with Crippen LogP contribution in [0.5, 0.6) is 0 Å². The zero-order valence-corrected chi connectivity index (χ0v) is 12.3. The first-order chi connectivity index (χ1) is 9.72. The molecule has 2 aromatic rings. The monoisotopic (exact) mass is 290 g/mol. The molecule has 0 aliphatic heterocycles. The minimum atomic E-state index is -0.215. The first-order valence-corrected chi connectivity index (χ1v) is 7.65. The van der Waals surface area contributed by atoms with Crippen LogP contribution in [0.1, 0.15) is 24.1 Å². The van der Waals surface area contributed by atoms with Gasteiger partial charge in [0.25, 0.3) is 0 Å². The molecule has 0 heterocycles. The van der Waals surface area contributed by atoms with E-state index >= 15 is 0 Å². The zero-order valence-electron chi connectivity index (χ0n) is 11.5. The molecule has 0 fully saturated rings. The Morgan fingerprint density at radius 2 is 1.95 bits per heavy atom. The Labute approximate surface area is 123 Å². The van der Waals surface area contributed by atoms with E-state index in [0.717, 1.165) is 16.9 Å². The summed E-state index contributed by atoms with van der Waals surface area (Å²) < 4.78 is 13.2. The van der Waals surface area contributed by atoms with Crippen molar-refractivity contribution in [3.05, 3.63) is 65.5 Å². The lowest BCUT2D eigenvalue weighted by Crippen LogP contribution is -2.29. The number of hydrazine groups is 1. The van der Waals surface area contributed by atoms with Crippen LogP contribution in [0.3, 0.4) is 0 Å². The first-order valence-electron chi connectivity index (χ1n) is 6.66. The summed E-state index contributed by atoms with van der Waals surface area (Å²) in [6.07, 6.45) is 0.661. The number of halogens is 1. The lowest BCUT2D eigenvalue weighted by molar-refractivity contribution is 0.548. The number of hydrogen-bond acceptors (Lipinski definition) is 3. The van der Waals surface area contributed by atoms with Gasteiger partial charge in [0, 0.05) is 10.9 Å². The highest BCUT2D eigenvalue weighted by atomic mass is 32.2. The molecule has 0 amide bonds. The topological polar surface area (TPSA) is 38.0 Å². The van der Waals surface area contributed by atoms with Crippen molar-refractivity contribution in [3.63, 3.8) is 0 Å². The number of hydrogen-bond donors (Lipinski definition) is 2. The number of rotatable bonds is 6. The van der Waals surface area contributed by atoms with E-state index in [1.54, 1.807) is 12.1 Å². The number of thioether (sulfide) groups is 1. The van der Waals surface area contributed by atoms with Crippen LogP contribution in [0.25, 0.3) is 0 Å². The fourth-order valence-corrected chi connectivity index (χ4v) is 2.80. The van der Waals surface area contributed by atoms with E-state index in [1.165, 1.54) is 11.0 Å². The third-order valence-corrected chi connectivity index (χ3v) is 4.02. The van der Waals surface area contributed by atoms with Crippen LogP contribution in [0, 0.1) is 5.82 Å². The summed E-state index contributed by atoms with van der Waals surface area (Å²) in [5, 5.41) is 0. The van der Waals surface area contributed by atoms with E-state index in [-0.39, 0.29) is 11.9 Å². The van der Waals surface area contributed by atoms with Gasteiger partial charge < -0.3 is 0 Å². The van der Waals surface area contributed by atoms with Gasteiger partial charge in [0.2, 0.25) is 0 Å². The fraction of sp³-hybridized carbons (Fsp3) is 0.250. The molecule has 2 aromatic carbocycles. The molecule has 4 heteroatoms. The van der Waals surface area contributed by atoms with E-state index in [4.69, 9.17) is 5.84 Å². The van der Waals surface area contributed by atoms with E-state index in [2.05, 4.69) is 36.6 Å². The van der Waals surface area contributed by atoms with Gasteiger partial charge in [0.15, 0.2) is 0 Å². The molecule has 20 heavy (non-hydrogen) atoms. The lowest BCUT2D eigenvalue weighted by atomic mass is 9.99. The van der Waals surface area contributed by atoms with Gasteiger partial charge in [-0.15, -0.1) is 11.8 Å². The van der Waals surface area contributed by atoms with Crippen molar-refractivity contribution in [2.75, 3.05) is 5.75 Å². The van der Waals surface area contributed by atoms with Crippen molar-refractivity contribution < 1.29 is 4.39 Å². The van der Waals surface area contributed by atoms with Crippen LogP contribution < -0.4 is 11.3 Å². The van der Waals surface area contributed by atoms with Crippen molar-refractivity contribution in [2.24, 2.45) is 5.84 Å². The second-order valence-corrected chi connectivity index (χ2v) is 5.89. The van der Waals surface area contributed by atoms with Gasteiger partial charge in [-0.05, 0) is 47.6 Å². The van der Waals surface area contributed by atoms with Gasteiger partial charge in [-0.1, -0.05) is 31.2 Å². The third-order valence-electron chi connectivity index (χ3n) is 3.12. The highest BCUT2D eigenvalue weighted by molar-refractivity contribution is 7.99. The predicted octanol–water partition coefficient (Wildman–Crippen LogP) is 3.68. The number of nitrogens with one attached hydrogen (secondary N) is 1. The molecule has 0 radical (unpaired) electrons. The minimum Gasteiger partial charge on any atom is -0.271 e. The van der Waals surface area contributed by atoms with E-state index < -0.39 is 0 Å². The second-order valence-electron chi connectivity index (χ2n) is 4.56. The standard InChI is InChI=1S/C16H19FN2S/c1-2-20-15-8-6-13(7-9-15)16(19-18)11-12-4-3-5-14(17)10-12/h3-10,16,19H,2,11,18H2,1H3. The molecule has 0 saturated carbocycles. The van der Waals surface area contributed by atoms with Crippen LogP contribution in [0.2, 0.25) is 0 Å². The molecule has 3 N–H and O–H groups in total. The molecule has 1 atom stereocenters. The molecular formula is C16H19FN2S. The van der Waals surface area contributed by atoms with E-state index in [0.29, 0.717) is 6.42 Å². The average molecular weight is 290 g/mol. The average Bonchev–Trinajstić information content (AvgIpc) is 2.46. The van der Waals surface area contributed by atoms with Crippen LogP contribution in [-0.2, 0) is 6.42 Å². The van der Waals surface area contributed by atoms with Gasteiger partial charge in [0.05, 0.1) is 0 Å². The second kappa shape index (κ2) is 7.43. The van der Waals surface area contributed by atoms with Crippen molar-refractivity contribution in [2.45, 2.75) is 24.3 Å². The molecule has 0 aliphatic rings. The summed E-state index contributed by atoms with van der Waals surface area (Å²) in [4.78, 5) is 1.25. The maximum absolute atomic E-state index is 13.2. The molecule has 2 nitrogen and oxygen atoms in total. The van der Waals surface area contributed by atoms with Crippen LogP contribution in [-0.4, -0.2) is 5.75 Å². The molecule has 0 spiro atoms. The van der Waals surface area contributed by atoms with Crippen LogP contribution >= 0.6 is 11.8 Å². The molecule has 0 aliphatic carbocycles. The quantitative estimate of drug-likeness (QED) is 0.484. The van der Waals surface area contributed by atoms with Crippen LogP contribution in [0.4, 0.5) is 4.39 Å². The predicted molar refractivity (Wildman–Crippen MR) is 83.0 cm³/mol. The fourth-order valence-electron chi connectivity index (χ4n) is 2.14. The maximum Gasteiger partial charge on any atom is 0.123 e. The Bertz CT molecular complexity index is 542. The highest BCUT2D eigenvalue weighted by Crippen LogP contribution is 2.23. The molecule has 106 valence electrons. The van der Waals surface area contributed by atoms with Crippen molar-refractivity contribution in [1.82, 2.24) is 5.43 Å². The van der Waals surface area contributed by atoms with Gasteiger partial charge in [-0.2, -0.15) is 0 Å². The maximum atomic E-state index is 13.2. The Hall–Kier alpha value is -1.36. The molecular weight excluding hydrogens is 271 g/mol. The smallest absolute Gasteiger partial charge is 0.123 e. The van der Waals surface area contributed by atoms with Crippen molar-refractivity contribution in [1.29, 1.82) is 0 Å². The summed E-state index contributed by atoms with van der Waals surface area (Å²) in [5.74, 6) is 6.48. The number of benzene rings is 2. The summed E-state index contributed by atoms with van der Waals surface area (Å²) in [6, 6.07) is 14.9. The van der Waals surface area contributed by atoms with Gasteiger partial charge >= 0.3 is 0 Å². The Kier molecular flexibility index (Phi) is 5.59. The van der Waals surface area contributed by atoms with Gasteiger partial charge in [-0.3, -0.25) is 11.3 Å². The Morgan fingerprint density at radius 3 is 2.55 bits per heavy atom. The first kappa shape index (κ1) is 15.0. The molecule has 0 saturated heterocycles. The van der Waals surface area contributed by atoms with Crippen molar-refractivity contribution >= 4 is 11.8 Å². The molecule has 2 rings (SSSR count). The zero-order chi connectivity index (χ0) is 14.4. The molecule has 1 unspecified atom stereocenters. The molecule has 0 aromatic heterocycles.